The van der Waals surface area contributed by atoms with Crippen molar-refractivity contribution in [2.75, 3.05) is 0 Å². The molecule has 12 heavy (non-hydrogen) atoms. The molecule has 1 aromatic carbocycles. The highest BCUT2D eigenvalue weighted by Crippen LogP contribution is 2.08. The lowest BCUT2D eigenvalue weighted by molar-refractivity contribution is 0.596. The first-order chi connectivity index (χ1) is 5.88. The van der Waals surface area contributed by atoms with E-state index in [-0.39, 0.29) is 5.82 Å². The van der Waals surface area contributed by atoms with E-state index in [1.165, 1.54) is 23.3 Å². The normalized spacial score (nSPS) is 10.1. The lowest BCUT2D eigenvalue weighted by atomic mass is 10.3. The molecule has 0 saturated carbocycles. The third kappa shape index (κ3) is 1.07. The smallest absolute Gasteiger partial charge is 0.150 e. The zero-order chi connectivity index (χ0) is 8.39. The van der Waals surface area contributed by atoms with Crippen LogP contribution in [-0.2, 0) is 0 Å². The number of hydrogen-bond donors (Lipinski definition) is 0. The van der Waals surface area contributed by atoms with Gasteiger partial charge >= 0.3 is 0 Å². The molecule has 0 aliphatic heterocycles. The van der Waals surface area contributed by atoms with Crippen molar-refractivity contribution in [3.63, 3.8) is 0 Å². The van der Waals surface area contributed by atoms with Gasteiger partial charge in [0, 0.05) is 0 Å². The molecule has 2 aromatic rings. The Labute approximate surface area is 68.4 Å². The van der Waals surface area contributed by atoms with Gasteiger partial charge in [-0.1, -0.05) is 12.1 Å². The van der Waals surface area contributed by atoms with Crippen LogP contribution in [0.3, 0.4) is 0 Å². The van der Waals surface area contributed by atoms with E-state index in [9.17, 15) is 4.39 Å². The number of halogens is 1. The van der Waals surface area contributed by atoms with Crippen LogP contribution in [0.4, 0.5) is 4.39 Å². The summed E-state index contributed by atoms with van der Waals surface area (Å²) in [6.45, 7) is 0. The molecule has 0 radical (unpaired) electrons. The summed E-state index contributed by atoms with van der Waals surface area (Å²) in [6.07, 6.45) is 3.01. The van der Waals surface area contributed by atoms with Gasteiger partial charge in [0.2, 0.25) is 0 Å². The highest BCUT2D eigenvalue weighted by atomic mass is 19.1. The predicted molar refractivity (Wildman–Crippen MR) is 41.3 cm³/mol. The van der Waals surface area contributed by atoms with Crippen LogP contribution in [0.5, 0.6) is 0 Å². The summed E-state index contributed by atoms with van der Waals surface area (Å²) < 4.78 is 13.1. The summed E-state index contributed by atoms with van der Waals surface area (Å²) in [5.41, 5.74) is 0.363. The predicted octanol–water partition coefficient (Wildman–Crippen LogP) is 1.41. The molecule has 0 atom stereocenters. The van der Waals surface area contributed by atoms with E-state index in [1.807, 2.05) is 0 Å². The number of hydrogen-bond acceptors (Lipinski definition) is 2. The Morgan fingerprint density at radius 1 is 1.08 bits per heavy atom. The standard InChI is InChI=1S/C8H6FN3/c9-7-3-1-2-4-8(7)12-10-5-6-11-12/h1-6H. The lowest BCUT2D eigenvalue weighted by Gasteiger charge is -1.98. The second-order valence-electron chi connectivity index (χ2n) is 2.27. The zero-order valence-corrected chi connectivity index (χ0v) is 6.18. The van der Waals surface area contributed by atoms with Crippen LogP contribution in [0.15, 0.2) is 36.7 Å². The van der Waals surface area contributed by atoms with Crippen LogP contribution >= 0.6 is 0 Å². The van der Waals surface area contributed by atoms with Crippen LogP contribution in [-0.4, -0.2) is 15.0 Å². The number of benzene rings is 1. The molecule has 60 valence electrons. The van der Waals surface area contributed by atoms with Crippen LogP contribution in [0.1, 0.15) is 0 Å². The molecule has 0 amide bonds. The molecule has 0 saturated heterocycles. The van der Waals surface area contributed by atoms with Crippen molar-refractivity contribution >= 4 is 0 Å². The monoisotopic (exact) mass is 163 g/mol. The van der Waals surface area contributed by atoms with E-state index in [1.54, 1.807) is 18.2 Å². The summed E-state index contributed by atoms with van der Waals surface area (Å²) in [6, 6.07) is 6.36. The van der Waals surface area contributed by atoms with Gasteiger partial charge in [0.15, 0.2) is 5.82 Å². The highest BCUT2D eigenvalue weighted by Gasteiger charge is 2.02. The Hall–Kier alpha value is -1.71. The molecule has 0 bridgehead atoms. The Balaban J connectivity index is 2.55. The van der Waals surface area contributed by atoms with Gasteiger partial charge in [-0.15, -0.1) is 4.80 Å². The number of aromatic nitrogens is 3. The largest absolute Gasteiger partial charge is 0.205 e. The van der Waals surface area contributed by atoms with Crippen LogP contribution in [0, 0.1) is 5.82 Å². The van der Waals surface area contributed by atoms with Gasteiger partial charge in [-0.25, -0.2) is 4.39 Å². The second kappa shape index (κ2) is 2.73. The Morgan fingerprint density at radius 2 is 1.75 bits per heavy atom. The Bertz CT molecular complexity index is 370. The van der Waals surface area contributed by atoms with Gasteiger partial charge in [-0.2, -0.15) is 10.2 Å². The molecule has 3 nitrogen and oxygen atoms in total. The van der Waals surface area contributed by atoms with E-state index < -0.39 is 0 Å². The number of para-hydroxylation sites is 1. The van der Waals surface area contributed by atoms with Gasteiger partial charge in [-0.3, -0.25) is 0 Å². The molecule has 0 unspecified atom stereocenters. The zero-order valence-electron chi connectivity index (χ0n) is 6.18. The lowest BCUT2D eigenvalue weighted by Crippen LogP contribution is -2.00. The van der Waals surface area contributed by atoms with Crippen molar-refractivity contribution in [1.82, 2.24) is 15.0 Å². The first-order valence-electron chi connectivity index (χ1n) is 3.49. The summed E-state index contributed by atoms with van der Waals surface area (Å²) in [5, 5.41) is 7.63. The minimum atomic E-state index is -0.325. The molecule has 4 heteroatoms. The molecular weight excluding hydrogens is 157 g/mol. The number of nitrogens with zero attached hydrogens (tertiary/aromatic N) is 3. The third-order valence-corrected chi connectivity index (χ3v) is 1.49. The Kier molecular flexibility index (Phi) is 1.59. The van der Waals surface area contributed by atoms with Gasteiger partial charge in [0.05, 0.1) is 12.4 Å². The maximum Gasteiger partial charge on any atom is 0.150 e. The van der Waals surface area contributed by atoms with Crippen molar-refractivity contribution < 1.29 is 4.39 Å². The van der Waals surface area contributed by atoms with Crippen LogP contribution in [0.2, 0.25) is 0 Å². The van der Waals surface area contributed by atoms with Gasteiger partial charge < -0.3 is 0 Å². The molecule has 0 aliphatic rings. The fourth-order valence-corrected chi connectivity index (χ4v) is 0.954. The fourth-order valence-electron chi connectivity index (χ4n) is 0.954. The van der Waals surface area contributed by atoms with Crippen LogP contribution < -0.4 is 0 Å². The van der Waals surface area contributed by atoms with Crippen molar-refractivity contribution in [3.8, 4) is 5.69 Å². The van der Waals surface area contributed by atoms with E-state index in [0.29, 0.717) is 5.69 Å². The van der Waals surface area contributed by atoms with E-state index >= 15 is 0 Å². The van der Waals surface area contributed by atoms with Crippen molar-refractivity contribution in [2.24, 2.45) is 0 Å². The van der Waals surface area contributed by atoms with Gasteiger partial charge in [0.1, 0.15) is 5.69 Å². The van der Waals surface area contributed by atoms with Crippen molar-refractivity contribution in [1.29, 1.82) is 0 Å². The SMILES string of the molecule is Fc1ccccc1-n1nccn1. The summed E-state index contributed by atoms with van der Waals surface area (Å²) in [7, 11) is 0. The van der Waals surface area contributed by atoms with Gasteiger partial charge in [0.25, 0.3) is 0 Å². The maximum atomic E-state index is 13.1. The summed E-state index contributed by atoms with van der Waals surface area (Å²) >= 11 is 0. The topological polar surface area (TPSA) is 30.7 Å². The van der Waals surface area contributed by atoms with E-state index in [4.69, 9.17) is 0 Å². The first kappa shape index (κ1) is 6.97. The molecule has 2 rings (SSSR count). The Morgan fingerprint density at radius 3 is 2.42 bits per heavy atom. The molecule has 0 fully saturated rings. The molecule has 1 heterocycles. The second-order valence-corrected chi connectivity index (χ2v) is 2.27. The molecular formula is C8H6FN3. The minimum Gasteiger partial charge on any atom is -0.205 e. The third-order valence-electron chi connectivity index (χ3n) is 1.49. The van der Waals surface area contributed by atoms with E-state index in [2.05, 4.69) is 10.2 Å². The minimum absolute atomic E-state index is 0.325. The highest BCUT2D eigenvalue weighted by molar-refractivity contribution is 5.30. The van der Waals surface area contributed by atoms with Crippen molar-refractivity contribution in [3.05, 3.63) is 42.5 Å². The molecule has 1 aromatic heterocycles. The molecule has 0 aliphatic carbocycles. The van der Waals surface area contributed by atoms with Crippen LogP contribution in [0.25, 0.3) is 5.69 Å². The first-order valence-corrected chi connectivity index (χ1v) is 3.49. The quantitative estimate of drug-likeness (QED) is 0.636. The fraction of sp³-hybridized carbons (Fsp3) is 0. The average molecular weight is 163 g/mol. The van der Waals surface area contributed by atoms with Crippen molar-refractivity contribution in [2.45, 2.75) is 0 Å². The summed E-state index contributed by atoms with van der Waals surface area (Å²) in [5.74, 6) is -0.325. The number of rotatable bonds is 1. The molecule has 0 N–H and O–H groups in total. The van der Waals surface area contributed by atoms with E-state index in [0.717, 1.165) is 0 Å². The van der Waals surface area contributed by atoms with Gasteiger partial charge in [-0.05, 0) is 12.1 Å². The molecule has 0 spiro atoms. The maximum absolute atomic E-state index is 13.1. The average Bonchev–Trinajstić information content (AvgIpc) is 2.57. The summed E-state index contributed by atoms with van der Waals surface area (Å²) in [4.78, 5) is 1.25.